The summed E-state index contributed by atoms with van der Waals surface area (Å²) in [5.74, 6) is -0.153. The van der Waals surface area contributed by atoms with Gasteiger partial charge in [-0.1, -0.05) is 26.0 Å². The van der Waals surface area contributed by atoms with Crippen molar-refractivity contribution < 1.29 is 19.4 Å². The molecular weight excluding hydrogens is 320 g/mol. The second-order valence-electron chi connectivity index (χ2n) is 6.39. The Hall–Kier alpha value is -2.24. The van der Waals surface area contributed by atoms with E-state index in [4.69, 9.17) is 9.84 Å². The number of para-hydroxylation sites is 2. The predicted octanol–water partition coefficient (Wildman–Crippen LogP) is 2.81. The molecule has 1 heterocycles. The van der Waals surface area contributed by atoms with Gasteiger partial charge in [-0.25, -0.2) is 0 Å². The Morgan fingerprint density at radius 2 is 2.00 bits per heavy atom. The van der Waals surface area contributed by atoms with Crippen LogP contribution in [0.2, 0.25) is 0 Å². The van der Waals surface area contributed by atoms with E-state index in [1.165, 1.54) is 0 Å². The van der Waals surface area contributed by atoms with Crippen LogP contribution in [-0.4, -0.2) is 42.2 Å². The number of unbranched alkanes of at least 4 members (excludes halogenated alkanes) is 1. The van der Waals surface area contributed by atoms with Crippen molar-refractivity contribution in [2.45, 2.75) is 58.1 Å². The van der Waals surface area contributed by atoms with Crippen LogP contribution in [0.3, 0.4) is 0 Å². The molecule has 0 saturated heterocycles. The van der Waals surface area contributed by atoms with Gasteiger partial charge in [0.1, 0.15) is 5.75 Å². The number of anilines is 1. The van der Waals surface area contributed by atoms with Gasteiger partial charge in [0.05, 0.1) is 12.2 Å². The number of amides is 1. The van der Waals surface area contributed by atoms with Crippen molar-refractivity contribution in [2.75, 3.05) is 18.0 Å². The molecule has 1 aromatic rings. The van der Waals surface area contributed by atoms with Crippen LogP contribution >= 0.6 is 0 Å². The Morgan fingerprint density at radius 3 is 2.68 bits per heavy atom. The molecule has 0 aliphatic carbocycles. The highest BCUT2D eigenvalue weighted by molar-refractivity contribution is 5.83. The molecule has 6 heteroatoms. The van der Waals surface area contributed by atoms with Crippen molar-refractivity contribution >= 4 is 17.6 Å². The van der Waals surface area contributed by atoms with Crippen LogP contribution in [0.25, 0.3) is 0 Å². The first kappa shape index (κ1) is 19.1. The molecule has 0 radical (unpaired) electrons. The fourth-order valence-electron chi connectivity index (χ4n) is 3.02. The Morgan fingerprint density at radius 1 is 1.28 bits per heavy atom. The normalized spacial score (nSPS) is 16.3. The summed E-state index contributed by atoms with van der Waals surface area (Å²) in [6, 6.07) is 7.84. The molecule has 6 nitrogen and oxygen atoms in total. The zero-order valence-electron chi connectivity index (χ0n) is 15.0. The molecule has 0 saturated carbocycles. The minimum Gasteiger partial charge on any atom is -0.481 e. The van der Waals surface area contributed by atoms with Crippen LogP contribution in [0.1, 0.15) is 46.0 Å². The molecule has 2 rings (SSSR count). The second-order valence-corrected chi connectivity index (χ2v) is 6.39. The summed E-state index contributed by atoms with van der Waals surface area (Å²) in [4.78, 5) is 25.3. The smallest absolute Gasteiger partial charge is 0.303 e. The third-order valence-electron chi connectivity index (χ3n) is 4.55. The van der Waals surface area contributed by atoms with Crippen molar-refractivity contribution in [1.29, 1.82) is 0 Å². The number of carbonyl (C=O) groups excluding carboxylic acids is 1. The Balaban J connectivity index is 2.03. The highest BCUT2D eigenvalue weighted by Crippen LogP contribution is 2.33. The molecule has 0 bridgehead atoms. The van der Waals surface area contributed by atoms with E-state index in [-0.39, 0.29) is 18.4 Å². The topological polar surface area (TPSA) is 78.9 Å². The number of fused-ring (bicyclic) bond motifs is 1. The SMILES string of the molecule is CCC(CC)NC(=O)C1CN(CCCCC(=O)O)c2ccccc2O1. The second kappa shape index (κ2) is 9.30. The fraction of sp³-hybridized carbons (Fsp3) is 0.579. The van der Waals surface area contributed by atoms with Crippen LogP contribution in [0.15, 0.2) is 24.3 Å². The summed E-state index contributed by atoms with van der Waals surface area (Å²) in [6.07, 6.45) is 2.80. The maximum Gasteiger partial charge on any atom is 0.303 e. The summed E-state index contributed by atoms with van der Waals surface area (Å²) in [6.45, 7) is 5.30. The standard InChI is InChI=1S/C19H28N2O4/c1-3-14(4-2)20-19(24)17-13-21(12-8-7-11-18(22)23)15-9-5-6-10-16(15)25-17/h5-6,9-10,14,17H,3-4,7-8,11-13H2,1-2H3,(H,20,24)(H,22,23). The van der Waals surface area contributed by atoms with Crippen LogP contribution < -0.4 is 15.0 Å². The van der Waals surface area contributed by atoms with Crippen LogP contribution in [0.4, 0.5) is 5.69 Å². The monoisotopic (exact) mass is 348 g/mol. The zero-order valence-corrected chi connectivity index (χ0v) is 15.0. The molecule has 2 N–H and O–H groups in total. The largest absolute Gasteiger partial charge is 0.481 e. The number of benzene rings is 1. The van der Waals surface area contributed by atoms with Gasteiger partial charge in [-0.15, -0.1) is 0 Å². The molecule has 0 aromatic heterocycles. The van der Waals surface area contributed by atoms with Crippen LogP contribution in [0.5, 0.6) is 5.75 Å². The molecule has 1 aromatic carbocycles. The van der Waals surface area contributed by atoms with Gasteiger partial charge in [-0.2, -0.15) is 0 Å². The molecule has 138 valence electrons. The van der Waals surface area contributed by atoms with Crippen molar-refractivity contribution in [3.8, 4) is 5.75 Å². The summed E-state index contributed by atoms with van der Waals surface area (Å²) < 4.78 is 5.91. The fourth-order valence-corrected chi connectivity index (χ4v) is 3.02. The maximum atomic E-state index is 12.6. The number of rotatable bonds is 9. The molecule has 1 aliphatic rings. The molecule has 1 amide bonds. The maximum absolute atomic E-state index is 12.6. The van der Waals surface area contributed by atoms with Gasteiger partial charge < -0.3 is 20.1 Å². The van der Waals surface area contributed by atoms with Gasteiger partial charge in [-0.05, 0) is 37.8 Å². The highest BCUT2D eigenvalue weighted by atomic mass is 16.5. The first-order valence-electron chi connectivity index (χ1n) is 9.07. The lowest BCUT2D eigenvalue weighted by molar-refractivity contribution is -0.137. The van der Waals surface area contributed by atoms with E-state index in [9.17, 15) is 9.59 Å². The number of nitrogens with zero attached hydrogens (tertiary/aromatic N) is 1. The number of hydrogen-bond acceptors (Lipinski definition) is 4. The van der Waals surface area contributed by atoms with Gasteiger partial charge in [-0.3, -0.25) is 9.59 Å². The first-order chi connectivity index (χ1) is 12.0. The van der Waals surface area contributed by atoms with E-state index in [0.717, 1.165) is 24.9 Å². The minimum absolute atomic E-state index is 0.0845. The first-order valence-corrected chi connectivity index (χ1v) is 9.07. The summed E-state index contributed by atoms with van der Waals surface area (Å²) in [5.41, 5.74) is 0.962. The molecule has 0 spiro atoms. The number of aliphatic carboxylic acids is 1. The van der Waals surface area contributed by atoms with E-state index < -0.39 is 12.1 Å². The Kier molecular flexibility index (Phi) is 7.10. The molecule has 1 unspecified atom stereocenters. The van der Waals surface area contributed by atoms with Crippen molar-refractivity contribution in [1.82, 2.24) is 5.32 Å². The third-order valence-corrected chi connectivity index (χ3v) is 4.55. The predicted molar refractivity (Wildman–Crippen MR) is 97.1 cm³/mol. The highest BCUT2D eigenvalue weighted by Gasteiger charge is 2.31. The zero-order chi connectivity index (χ0) is 18.2. The van der Waals surface area contributed by atoms with Gasteiger partial charge in [0.2, 0.25) is 0 Å². The lowest BCUT2D eigenvalue weighted by Crippen LogP contribution is -2.51. The van der Waals surface area contributed by atoms with Gasteiger partial charge in [0.25, 0.3) is 5.91 Å². The molecule has 25 heavy (non-hydrogen) atoms. The van der Waals surface area contributed by atoms with Gasteiger partial charge in [0.15, 0.2) is 6.10 Å². The third kappa shape index (κ3) is 5.37. The molecular formula is C19H28N2O4. The average molecular weight is 348 g/mol. The number of nitrogens with one attached hydrogen (secondary N) is 1. The van der Waals surface area contributed by atoms with E-state index in [1.54, 1.807) is 0 Å². The summed E-state index contributed by atoms with van der Waals surface area (Å²) in [5, 5.41) is 11.8. The Bertz CT molecular complexity index is 587. The number of hydrogen-bond donors (Lipinski definition) is 2. The number of ether oxygens (including phenoxy) is 1. The van der Waals surface area contributed by atoms with E-state index in [1.807, 2.05) is 24.3 Å². The molecule has 1 aliphatic heterocycles. The quantitative estimate of drug-likeness (QED) is 0.671. The lowest BCUT2D eigenvalue weighted by Gasteiger charge is -2.36. The number of carbonyl (C=O) groups is 2. The van der Waals surface area contributed by atoms with Gasteiger partial charge >= 0.3 is 5.97 Å². The van der Waals surface area contributed by atoms with Crippen molar-refractivity contribution in [3.63, 3.8) is 0 Å². The minimum atomic E-state index is -0.773. The summed E-state index contributed by atoms with van der Waals surface area (Å²) >= 11 is 0. The summed E-state index contributed by atoms with van der Waals surface area (Å²) in [7, 11) is 0. The van der Waals surface area contributed by atoms with Crippen LogP contribution in [0, 0.1) is 0 Å². The van der Waals surface area contributed by atoms with Crippen LogP contribution in [-0.2, 0) is 9.59 Å². The van der Waals surface area contributed by atoms with E-state index >= 15 is 0 Å². The molecule has 1 atom stereocenters. The molecule has 0 fully saturated rings. The van der Waals surface area contributed by atoms with Gasteiger partial charge in [0, 0.05) is 19.0 Å². The van der Waals surface area contributed by atoms with Crippen molar-refractivity contribution in [2.24, 2.45) is 0 Å². The van der Waals surface area contributed by atoms with Crippen molar-refractivity contribution in [3.05, 3.63) is 24.3 Å². The Labute approximate surface area is 149 Å². The van der Waals surface area contributed by atoms with E-state index in [2.05, 4.69) is 24.1 Å². The number of carboxylic acid groups (broad SMARTS) is 1. The van der Waals surface area contributed by atoms with E-state index in [0.29, 0.717) is 25.3 Å². The average Bonchev–Trinajstić information content (AvgIpc) is 2.62. The number of carboxylic acids is 1. The lowest BCUT2D eigenvalue weighted by atomic mass is 10.1.